The van der Waals surface area contributed by atoms with Gasteiger partial charge in [-0.3, -0.25) is 14.5 Å². The van der Waals surface area contributed by atoms with E-state index >= 15 is 0 Å². The van der Waals surface area contributed by atoms with Gasteiger partial charge < -0.3 is 14.4 Å². The molecule has 0 unspecified atom stereocenters. The molecule has 0 bridgehead atoms. The van der Waals surface area contributed by atoms with Gasteiger partial charge in [0.05, 0.1) is 37.4 Å². The molecule has 8 heteroatoms. The van der Waals surface area contributed by atoms with Crippen LogP contribution in [0.1, 0.15) is 23.7 Å². The number of amides is 2. The van der Waals surface area contributed by atoms with Crippen molar-refractivity contribution in [2.45, 2.75) is 19.4 Å². The number of imide groups is 1. The molecule has 2 aliphatic heterocycles. The largest absolute Gasteiger partial charge is 0.497 e. The summed E-state index contributed by atoms with van der Waals surface area (Å²) >= 11 is 0. The van der Waals surface area contributed by atoms with Gasteiger partial charge in [-0.05, 0) is 55.5 Å². The van der Waals surface area contributed by atoms with E-state index in [1.807, 2.05) is 24.3 Å². The maximum Gasteiger partial charge on any atom is 0.338 e. The van der Waals surface area contributed by atoms with E-state index in [9.17, 15) is 14.4 Å². The van der Waals surface area contributed by atoms with Gasteiger partial charge in [-0.25, -0.2) is 9.69 Å². The number of carbonyl (C=O) groups is 3. The second-order valence-electron chi connectivity index (χ2n) is 7.78. The van der Waals surface area contributed by atoms with Crippen LogP contribution >= 0.6 is 0 Å². The van der Waals surface area contributed by atoms with Gasteiger partial charge in [-0.2, -0.15) is 0 Å². The standard InChI is InChI=1S/C24H27N3O5/c1-3-32-24(30)17-4-6-19(7-5-17)27-22(28)16-21(23(27)29)26-14-12-25(13-15-26)18-8-10-20(31-2)11-9-18/h4-11,21H,3,12-16H2,1-2H3/t21-/m1/s1. The summed E-state index contributed by atoms with van der Waals surface area (Å²) in [6.07, 6.45) is 0.168. The zero-order chi connectivity index (χ0) is 22.7. The summed E-state index contributed by atoms with van der Waals surface area (Å²) in [6, 6.07) is 13.9. The van der Waals surface area contributed by atoms with E-state index in [-0.39, 0.29) is 24.8 Å². The number of benzene rings is 2. The second-order valence-corrected chi connectivity index (χ2v) is 7.78. The monoisotopic (exact) mass is 437 g/mol. The molecule has 0 aromatic heterocycles. The lowest BCUT2D eigenvalue weighted by molar-refractivity contribution is -0.123. The van der Waals surface area contributed by atoms with E-state index in [4.69, 9.17) is 9.47 Å². The Morgan fingerprint density at radius 3 is 2.16 bits per heavy atom. The van der Waals surface area contributed by atoms with Crippen molar-refractivity contribution in [3.8, 4) is 5.75 Å². The predicted octanol–water partition coefficient (Wildman–Crippen LogP) is 2.33. The van der Waals surface area contributed by atoms with Crippen LogP contribution in [-0.2, 0) is 14.3 Å². The number of rotatable bonds is 6. The molecule has 0 N–H and O–H groups in total. The Kier molecular flexibility index (Phi) is 6.41. The molecule has 2 saturated heterocycles. The number of ether oxygens (including phenoxy) is 2. The molecule has 2 amide bonds. The van der Waals surface area contributed by atoms with Crippen LogP contribution in [0.5, 0.6) is 5.75 Å². The third-order valence-corrected chi connectivity index (χ3v) is 5.95. The van der Waals surface area contributed by atoms with E-state index in [0.29, 0.717) is 24.3 Å². The van der Waals surface area contributed by atoms with E-state index < -0.39 is 12.0 Å². The van der Waals surface area contributed by atoms with Crippen LogP contribution in [0, 0.1) is 0 Å². The van der Waals surface area contributed by atoms with Gasteiger partial charge in [0.25, 0.3) is 5.91 Å². The number of nitrogens with zero attached hydrogens (tertiary/aromatic N) is 3. The van der Waals surface area contributed by atoms with Crippen molar-refractivity contribution in [1.29, 1.82) is 0 Å². The highest BCUT2D eigenvalue weighted by Gasteiger charge is 2.43. The predicted molar refractivity (Wildman–Crippen MR) is 120 cm³/mol. The first-order valence-corrected chi connectivity index (χ1v) is 10.8. The fraction of sp³-hybridized carbons (Fsp3) is 0.375. The van der Waals surface area contributed by atoms with Gasteiger partial charge in [0.2, 0.25) is 5.91 Å². The van der Waals surface area contributed by atoms with Gasteiger partial charge in [-0.1, -0.05) is 0 Å². The Hall–Kier alpha value is -3.39. The summed E-state index contributed by atoms with van der Waals surface area (Å²) in [7, 11) is 1.64. The summed E-state index contributed by atoms with van der Waals surface area (Å²) in [4.78, 5) is 43.2. The number of hydrogen-bond donors (Lipinski definition) is 0. The second kappa shape index (κ2) is 9.40. The molecule has 1 atom stereocenters. The Morgan fingerprint density at radius 2 is 1.56 bits per heavy atom. The molecule has 0 radical (unpaired) electrons. The molecule has 2 fully saturated rings. The van der Waals surface area contributed by atoms with Crippen LogP contribution in [0.4, 0.5) is 11.4 Å². The first kappa shape index (κ1) is 21.8. The summed E-state index contributed by atoms with van der Waals surface area (Å²) in [5.74, 6) is -0.0400. The maximum atomic E-state index is 13.1. The van der Waals surface area contributed by atoms with E-state index in [2.05, 4.69) is 9.80 Å². The Morgan fingerprint density at radius 1 is 0.938 bits per heavy atom. The first-order valence-electron chi connectivity index (χ1n) is 10.8. The van der Waals surface area contributed by atoms with Gasteiger partial charge in [0, 0.05) is 31.9 Å². The van der Waals surface area contributed by atoms with Crippen molar-refractivity contribution < 1.29 is 23.9 Å². The lowest BCUT2D eigenvalue weighted by Gasteiger charge is -2.38. The lowest BCUT2D eigenvalue weighted by atomic mass is 10.1. The van der Waals surface area contributed by atoms with Gasteiger partial charge in [0.15, 0.2) is 0 Å². The third-order valence-electron chi connectivity index (χ3n) is 5.95. The van der Waals surface area contributed by atoms with Crippen molar-refractivity contribution in [2.75, 3.05) is 49.7 Å². The Bertz CT molecular complexity index is 982. The molecular weight excluding hydrogens is 410 g/mol. The molecule has 0 aliphatic carbocycles. The summed E-state index contributed by atoms with van der Waals surface area (Å²) in [6.45, 7) is 4.98. The number of carbonyl (C=O) groups excluding carboxylic acids is 3. The SMILES string of the molecule is CCOC(=O)c1ccc(N2C(=O)C[C@@H](N3CCN(c4ccc(OC)cc4)CC3)C2=O)cc1. The normalized spacial score (nSPS) is 19.4. The molecule has 8 nitrogen and oxygen atoms in total. The van der Waals surface area contributed by atoms with Gasteiger partial charge in [-0.15, -0.1) is 0 Å². The highest BCUT2D eigenvalue weighted by atomic mass is 16.5. The van der Waals surface area contributed by atoms with Crippen LogP contribution < -0.4 is 14.5 Å². The van der Waals surface area contributed by atoms with Crippen LogP contribution in [0.15, 0.2) is 48.5 Å². The Labute approximate surface area is 187 Å². The molecular formula is C24H27N3O5. The van der Waals surface area contributed by atoms with Crippen LogP contribution in [-0.4, -0.2) is 68.6 Å². The number of anilines is 2. The topological polar surface area (TPSA) is 79.4 Å². The van der Waals surface area contributed by atoms with E-state index in [1.165, 1.54) is 4.90 Å². The number of hydrogen-bond acceptors (Lipinski definition) is 7. The fourth-order valence-corrected chi connectivity index (χ4v) is 4.22. The van der Waals surface area contributed by atoms with Crippen molar-refractivity contribution in [3.63, 3.8) is 0 Å². The van der Waals surface area contributed by atoms with E-state index in [0.717, 1.165) is 24.5 Å². The molecule has 2 aromatic rings. The average Bonchev–Trinajstić information content (AvgIpc) is 3.13. The zero-order valence-electron chi connectivity index (χ0n) is 18.3. The lowest BCUT2D eigenvalue weighted by Crippen LogP contribution is -2.52. The van der Waals surface area contributed by atoms with Gasteiger partial charge in [0.1, 0.15) is 5.75 Å². The van der Waals surface area contributed by atoms with Crippen LogP contribution in [0.3, 0.4) is 0 Å². The third kappa shape index (κ3) is 4.31. The summed E-state index contributed by atoms with van der Waals surface area (Å²) in [5, 5.41) is 0. The van der Waals surface area contributed by atoms with Crippen molar-refractivity contribution >= 4 is 29.2 Å². The van der Waals surface area contributed by atoms with E-state index in [1.54, 1.807) is 38.3 Å². The number of methoxy groups -OCH3 is 1. The molecule has 2 aliphatic rings. The molecule has 168 valence electrons. The smallest absolute Gasteiger partial charge is 0.338 e. The van der Waals surface area contributed by atoms with Gasteiger partial charge >= 0.3 is 5.97 Å². The molecule has 2 heterocycles. The minimum absolute atomic E-state index is 0.168. The average molecular weight is 437 g/mol. The fourth-order valence-electron chi connectivity index (χ4n) is 4.22. The number of esters is 1. The van der Waals surface area contributed by atoms with Crippen molar-refractivity contribution in [2.24, 2.45) is 0 Å². The van der Waals surface area contributed by atoms with Crippen molar-refractivity contribution in [3.05, 3.63) is 54.1 Å². The molecule has 32 heavy (non-hydrogen) atoms. The zero-order valence-corrected chi connectivity index (χ0v) is 18.3. The molecule has 4 rings (SSSR count). The van der Waals surface area contributed by atoms with Crippen LogP contribution in [0.2, 0.25) is 0 Å². The maximum absolute atomic E-state index is 13.1. The minimum Gasteiger partial charge on any atom is -0.497 e. The Balaban J connectivity index is 1.39. The van der Waals surface area contributed by atoms with Crippen LogP contribution in [0.25, 0.3) is 0 Å². The first-order chi connectivity index (χ1) is 15.5. The summed E-state index contributed by atoms with van der Waals surface area (Å²) < 4.78 is 10.2. The highest BCUT2D eigenvalue weighted by molar-refractivity contribution is 6.22. The highest BCUT2D eigenvalue weighted by Crippen LogP contribution is 2.28. The quantitative estimate of drug-likeness (QED) is 0.507. The summed E-state index contributed by atoms with van der Waals surface area (Å²) in [5.41, 5.74) is 1.98. The number of piperazine rings is 1. The molecule has 0 saturated carbocycles. The molecule has 0 spiro atoms. The minimum atomic E-state index is -0.453. The van der Waals surface area contributed by atoms with Crippen molar-refractivity contribution in [1.82, 2.24) is 4.90 Å². The molecule has 2 aromatic carbocycles.